The molecule has 10 heteroatoms. The largest absolute Gasteiger partial charge is 0.411 e. The standard InChI is InChI=1S/C5H18N2O4Si2.C2H4.CH4.I2/c1-12(2,8)11-5-13(9,10)4-7-3-6;1-2;;1-2/h7-10H,3-6H2,1-2H3;1-2H2;1H4;. The third-order valence-electron chi connectivity index (χ3n) is 1.21. The summed E-state index contributed by atoms with van der Waals surface area (Å²) in [5.74, 6) is 0. The summed E-state index contributed by atoms with van der Waals surface area (Å²) in [5, 5.41) is 2.62. The van der Waals surface area contributed by atoms with Gasteiger partial charge in [-0.1, -0.05) is 7.43 Å². The number of hydrogen-bond acceptors (Lipinski definition) is 6. The fourth-order valence-electron chi connectivity index (χ4n) is 0.616. The Morgan fingerprint density at radius 2 is 1.61 bits per heavy atom. The fraction of sp³-hybridized carbons (Fsp3) is 0.750. The van der Waals surface area contributed by atoms with Gasteiger partial charge in [0.1, 0.15) is 0 Å². The fourth-order valence-corrected chi connectivity index (χ4v) is 3.60. The average Bonchev–Trinajstić information content (AvgIpc) is 2.29. The Labute approximate surface area is 136 Å². The van der Waals surface area contributed by atoms with Crippen molar-refractivity contribution in [3.8, 4) is 0 Å². The second-order valence-electron chi connectivity index (χ2n) is 3.35. The Hall–Kier alpha value is 1.39. The Morgan fingerprint density at radius 3 is 1.89 bits per heavy atom. The van der Waals surface area contributed by atoms with Crippen LogP contribution in [0.15, 0.2) is 13.2 Å². The minimum atomic E-state index is -3.37. The first-order valence-corrected chi connectivity index (χ1v) is 16.1. The lowest BCUT2D eigenvalue weighted by atomic mass is 11.1. The van der Waals surface area contributed by atoms with Crippen LogP contribution in [-0.4, -0.2) is 50.6 Å². The van der Waals surface area contributed by atoms with Gasteiger partial charge in [-0.2, -0.15) is 0 Å². The molecule has 0 bridgehead atoms. The molecule has 0 heterocycles. The molecule has 0 fully saturated rings. The maximum absolute atomic E-state index is 9.37. The molecule has 0 aromatic carbocycles. The van der Waals surface area contributed by atoms with Crippen LogP contribution in [0.3, 0.4) is 0 Å². The predicted octanol–water partition coefficient (Wildman–Crippen LogP) is 0.918. The smallest absolute Gasteiger partial charge is 0.372 e. The van der Waals surface area contributed by atoms with Gasteiger partial charge in [-0.15, -0.1) is 13.2 Å². The second kappa shape index (κ2) is 16.4. The van der Waals surface area contributed by atoms with Crippen molar-refractivity contribution in [2.75, 3.05) is 19.1 Å². The average molecular weight is 524 g/mol. The van der Waals surface area contributed by atoms with Crippen LogP contribution in [0.1, 0.15) is 7.43 Å². The zero-order chi connectivity index (χ0) is 14.5. The zero-order valence-corrected chi connectivity index (χ0v) is 16.4. The van der Waals surface area contributed by atoms with Crippen LogP contribution in [0.4, 0.5) is 0 Å². The molecule has 0 aromatic rings. The summed E-state index contributed by atoms with van der Waals surface area (Å²) in [7, 11) is -6.02. The van der Waals surface area contributed by atoms with E-state index in [2.05, 4.69) is 55.7 Å². The summed E-state index contributed by atoms with van der Waals surface area (Å²) in [4.78, 5) is 28.0. The molecule has 0 aliphatic heterocycles. The maximum Gasteiger partial charge on any atom is 0.372 e. The summed E-state index contributed by atoms with van der Waals surface area (Å²) >= 11 is 4.24. The topological polar surface area (TPSA) is 108 Å². The van der Waals surface area contributed by atoms with Crippen LogP contribution in [-0.2, 0) is 4.43 Å². The van der Waals surface area contributed by atoms with Crippen molar-refractivity contribution in [2.45, 2.75) is 20.5 Å². The van der Waals surface area contributed by atoms with Crippen LogP contribution in [0.5, 0.6) is 0 Å². The Kier molecular flexibility index (Phi) is 25.3. The molecule has 18 heavy (non-hydrogen) atoms. The maximum atomic E-state index is 9.37. The molecule has 0 unspecified atom stereocenters. The normalized spacial score (nSPS) is 10.2. The van der Waals surface area contributed by atoms with Crippen molar-refractivity contribution < 1.29 is 18.8 Å². The van der Waals surface area contributed by atoms with Crippen molar-refractivity contribution in [2.24, 2.45) is 5.73 Å². The first-order valence-electron chi connectivity index (χ1n) is 4.63. The number of rotatable bonds is 6. The summed E-state index contributed by atoms with van der Waals surface area (Å²) in [6.07, 6.45) is -0.135. The van der Waals surface area contributed by atoms with Gasteiger partial charge < -0.3 is 29.9 Å². The molecule has 0 aliphatic rings. The molecule has 114 valence electrons. The second-order valence-corrected chi connectivity index (χ2v) is 9.14. The Balaban J connectivity index is -0.000000177. The molecular weight excluding hydrogens is 498 g/mol. The highest BCUT2D eigenvalue weighted by Gasteiger charge is 2.32. The molecule has 0 saturated carbocycles. The van der Waals surface area contributed by atoms with E-state index in [4.69, 9.17) is 10.2 Å². The van der Waals surface area contributed by atoms with Gasteiger partial charge in [0.05, 0.1) is 6.23 Å². The van der Waals surface area contributed by atoms with Gasteiger partial charge >= 0.3 is 17.1 Å². The quantitative estimate of drug-likeness (QED) is 0.153. The summed E-state index contributed by atoms with van der Waals surface area (Å²) < 4.78 is 4.97. The third kappa shape index (κ3) is 26.1. The molecule has 0 radical (unpaired) electrons. The Morgan fingerprint density at radius 1 is 1.22 bits per heavy atom. The van der Waals surface area contributed by atoms with Crippen LogP contribution in [0, 0.1) is 0 Å². The SMILES string of the molecule is C.C=C.C[Si](C)(O)OC[Si](O)(O)CNCN.II. The molecular formula is C8H26I2N2O4Si2. The molecule has 0 aliphatic carbocycles. The number of nitrogens with two attached hydrogens (primary N) is 1. The number of nitrogens with one attached hydrogen (secondary N) is 1. The van der Waals surface area contributed by atoms with E-state index >= 15 is 0 Å². The summed E-state index contributed by atoms with van der Waals surface area (Å²) in [6.45, 7) is 9.32. The molecule has 0 aromatic heterocycles. The molecule has 0 saturated heterocycles. The lowest BCUT2D eigenvalue weighted by Gasteiger charge is -2.22. The van der Waals surface area contributed by atoms with E-state index in [1.807, 2.05) is 0 Å². The zero-order valence-electron chi connectivity index (χ0n) is 10.1. The molecule has 0 atom stereocenters. The molecule has 0 amide bonds. The van der Waals surface area contributed by atoms with Crippen LogP contribution in [0.25, 0.3) is 0 Å². The first kappa shape index (κ1) is 27.7. The highest BCUT2D eigenvalue weighted by Crippen LogP contribution is 2.01. The number of halogens is 2. The monoisotopic (exact) mass is 524 g/mol. The van der Waals surface area contributed by atoms with Crippen molar-refractivity contribution in [1.29, 1.82) is 0 Å². The van der Waals surface area contributed by atoms with Gasteiger partial charge in [-0.05, 0) is 13.1 Å². The van der Waals surface area contributed by atoms with Crippen LogP contribution >= 0.6 is 37.2 Å². The van der Waals surface area contributed by atoms with Crippen molar-refractivity contribution >= 4 is 54.4 Å². The van der Waals surface area contributed by atoms with E-state index in [0.717, 1.165) is 0 Å². The first-order chi connectivity index (χ1) is 7.77. The predicted molar refractivity (Wildman–Crippen MR) is 98.9 cm³/mol. The van der Waals surface area contributed by atoms with E-state index in [1.54, 1.807) is 13.1 Å². The number of hydrogen-bond donors (Lipinski definition) is 5. The highest BCUT2D eigenvalue weighted by molar-refractivity contribution is 15.0. The lowest BCUT2D eigenvalue weighted by Crippen LogP contribution is -2.54. The van der Waals surface area contributed by atoms with Crippen LogP contribution in [0.2, 0.25) is 13.1 Å². The van der Waals surface area contributed by atoms with E-state index in [9.17, 15) is 14.4 Å². The third-order valence-corrected chi connectivity index (χ3v) is 3.77. The lowest BCUT2D eigenvalue weighted by molar-refractivity contribution is 0.230. The van der Waals surface area contributed by atoms with Gasteiger partial charge in [0.15, 0.2) is 0 Å². The molecule has 6 nitrogen and oxygen atoms in total. The van der Waals surface area contributed by atoms with Crippen LogP contribution < -0.4 is 11.1 Å². The van der Waals surface area contributed by atoms with E-state index in [-0.39, 0.29) is 26.5 Å². The highest BCUT2D eigenvalue weighted by atomic mass is 128. The van der Waals surface area contributed by atoms with Gasteiger partial charge in [0.25, 0.3) is 0 Å². The van der Waals surface area contributed by atoms with E-state index in [0.29, 0.717) is 0 Å². The summed E-state index contributed by atoms with van der Waals surface area (Å²) in [6, 6.07) is 0. The molecule has 6 N–H and O–H groups in total. The molecule has 0 spiro atoms. The summed E-state index contributed by atoms with van der Waals surface area (Å²) in [5.41, 5.74) is 5.13. The Bertz CT molecular complexity index is 174. The molecule has 0 rings (SSSR count). The van der Waals surface area contributed by atoms with Gasteiger partial charge in [0.2, 0.25) is 0 Å². The van der Waals surface area contributed by atoms with Gasteiger partial charge in [-0.3, -0.25) is 0 Å². The van der Waals surface area contributed by atoms with Gasteiger partial charge in [-0.25, -0.2) is 0 Å². The van der Waals surface area contributed by atoms with E-state index in [1.165, 1.54) is 0 Å². The minimum Gasteiger partial charge on any atom is -0.411 e. The van der Waals surface area contributed by atoms with E-state index < -0.39 is 17.1 Å². The van der Waals surface area contributed by atoms with Gasteiger partial charge in [0, 0.05) is 50.1 Å². The van der Waals surface area contributed by atoms with Crippen molar-refractivity contribution in [1.82, 2.24) is 5.32 Å². The minimum absolute atomic E-state index is 0. The van der Waals surface area contributed by atoms with Crippen molar-refractivity contribution in [3.05, 3.63) is 13.2 Å². The van der Waals surface area contributed by atoms with Crippen molar-refractivity contribution in [3.63, 3.8) is 0 Å².